The Morgan fingerprint density at radius 3 is 1.27 bits per heavy atom. The van der Waals surface area contributed by atoms with Crippen LogP contribution in [0.1, 0.15) is 33.9 Å². The van der Waals surface area contributed by atoms with Crippen LogP contribution < -0.4 is 18.9 Å². The van der Waals surface area contributed by atoms with E-state index in [1.807, 2.05) is 23.5 Å². The molecule has 0 spiro atoms. The molecule has 6 heteroatoms. The largest absolute Gasteiger partial charge is 0.338 e. The van der Waals surface area contributed by atoms with E-state index in [-0.39, 0.29) is 0 Å². The number of pyridine rings is 2. The number of thioether (sulfide) groups is 2. The summed E-state index contributed by atoms with van der Waals surface area (Å²) in [6.45, 7) is 10.8. The molecule has 2 aliphatic heterocycles. The molecule has 2 aromatic heterocycles. The van der Waals surface area contributed by atoms with E-state index in [9.17, 15) is 0 Å². The lowest BCUT2D eigenvalue weighted by Crippen LogP contribution is -2.50. The minimum atomic E-state index is 0.940. The number of anilines is 2. The number of rotatable bonds is 5. The Labute approximate surface area is 246 Å². The first-order valence-corrected chi connectivity index (χ1v) is 15.4. The normalized spacial score (nSPS) is 16.2. The lowest BCUT2D eigenvalue weighted by Gasteiger charge is -2.14. The van der Waals surface area contributed by atoms with Crippen molar-refractivity contribution < 1.29 is 9.13 Å². The van der Waals surface area contributed by atoms with Crippen molar-refractivity contribution in [3.63, 3.8) is 0 Å². The molecule has 0 N–H and O–H groups in total. The van der Waals surface area contributed by atoms with E-state index < -0.39 is 0 Å². The Balaban J connectivity index is 1.18. The van der Waals surface area contributed by atoms with Gasteiger partial charge in [-0.25, -0.2) is 0 Å². The van der Waals surface area contributed by atoms with Crippen LogP contribution in [0, 0.1) is 27.7 Å². The van der Waals surface area contributed by atoms with Gasteiger partial charge in [-0.3, -0.25) is 0 Å². The Hall–Kier alpha value is -3.48. The smallest absolute Gasteiger partial charge is 0.207 e. The molecular weight excluding hydrogens is 529 g/mol. The molecule has 0 unspecified atom stereocenters. The maximum absolute atomic E-state index is 2.44. The number of fused-ring (bicyclic) bond motifs is 2. The molecule has 2 aliphatic rings. The van der Waals surface area contributed by atoms with Gasteiger partial charge >= 0.3 is 0 Å². The van der Waals surface area contributed by atoms with Gasteiger partial charge in [0.25, 0.3) is 0 Å². The van der Waals surface area contributed by atoms with E-state index in [0.717, 1.165) is 13.1 Å². The maximum Gasteiger partial charge on any atom is 0.207 e. The van der Waals surface area contributed by atoms with Crippen LogP contribution in [0.5, 0.6) is 0 Å². The molecule has 6 rings (SSSR count). The van der Waals surface area contributed by atoms with E-state index >= 15 is 0 Å². The van der Waals surface area contributed by atoms with Crippen LogP contribution in [-0.2, 0) is 13.1 Å². The van der Waals surface area contributed by atoms with Gasteiger partial charge in [-0.05, 0) is 47.5 Å². The average Bonchev–Trinajstić information content (AvgIpc) is 3.40. The van der Waals surface area contributed by atoms with Crippen molar-refractivity contribution in [3.05, 3.63) is 117 Å². The van der Waals surface area contributed by atoms with Crippen LogP contribution in [0.25, 0.3) is 12.2 Å². The van der Waals surface area contributed by atoms with Gasteiger partial charge in [0.15, 0.2) is 22.8 Å². The summed E-state index contributed by atoms with van der Waals surface area (Å²) in [4.78, 5) is 7.21. The topological polar surface area (TPSA) is 14.2 Å². The van der Waals surface area contributed by atoms with Crippen LogP contribution in [0.2, 0.25) is 0 Å². The molecule has 40 heavy (non-hydrogen) atoms. The molecule has 0 amide bonds. The van der Waals surface area contributed by atoms with Gasteiger partial charge in [0, 0.05) is 75.8 Å². The minimum Gasteiger partial charge on any atom is -0.338 e. The third-order valence-electron chi connectivity index (χ3n) is 7.88. The molecule has 4 aromatic rings. The third-order valence-corrected chi connectivity index (χ3v) is 10.2. The van der Waals surface area contributed by atoms with Gasteiger partial charge in [0.05, 0.1) is 21.4 Å². The van der Waals surface area contributed by atoms with E-state index in [1.165, 1.54) is 65.1 Å². The molecule has 4 nitrogen and oxygen atoms in total. The zero-order valence-corrected chi connectivity index (χ0v) is 25.7. The number of hydrogen-bond donors (Lipinski definition) is 0. The third kappa shape index (κ3) is 5.06. The zero-order valence-electron chi connectivity index (χ0n) is 24.1. The Kier molecular flexibility index (Phi) is 7.24. The van der Waals surface area contributed by atoms with Crippen LogP contribution in [0.3, 0.4) is 0 Å². The van der Waals surface area contributed by atoms with Crippen molar-refractivity contribution in [2.45, 2.75) is 50.6 Å². The monoisotopic (exact) mass is 564 g/mol. The molecule has 0 bridgehead atoms. The van der Waals surface area contributed by atoms with Crippen LogP contribution in [0.4, 0.5) is 11.4 Å². The van der Waals surface area contributed by atoms with Gasteiger partial charge in [-0.15, -0.1) is 0 Å². The van der Waals surface area contributed by atoms with Gasteiger partial charge in [-0.1, -0.05) is 47.8 Å². The minimum absolute atomic E-state index is 0.940. The summed E-state index contributed by atoms with van der Waals surface area (Å²) in [7, 11) is 4.31. The maximum atomic E-state index is 2.44. The molecule has 4 heterocycles. The van der Waals surface area contributed by atoms with Crippen molar-refractivity contribution in [1.82, 2.24) is 0 Å². The molecule has 0 saturated carbocycles. The molecule has 0 radical (unpaired) electrons. The summed E-state index contributed by atoms with van der Waals surface area (Å²) in [6, 6.07) is 26.5. The highest BCUT2D eigenvalue weighted by Gasteiger charge is 2.24. The molecule has 0 fully saturated rings. The first kappa shape index (κ1) is 26.7. The SMILES string of the molecule is Cc1cc(C=C2Sc3ccccc3N2C)cc(C)[n+]1CC[n+]1c(C)cc(C=C2Sc3ccccc3N2C)cc1C. The standard InChI is InChI=1S/C34H36N4S2/c1-23-17-27(21-33-35(5)29-11-7-9-13-31(29)39-33)18-24(2)37(23)15-16-38-25(3)19-28(20-26(38)4)22-34-36(6)30-12-8-10-14-32(30)40-34/h7-14,17-22H,15-16H2,1-6H3/q+2. The van der Waals surface area contributed by atoms with Crippen molar-refractivity contribution >= 4 is 47.1 Å². The molecule has 2 aromatic carbocycles. The second-order valence-corrected chi connectivity index (χ2v) is 12.8. The number of aromatic nitrogens is 2. The first-order valence-electron chi connectivity index (χ1n) is 13.8. The average molecular weight is 565 g/mol. The Bertz CT molecular complexity index is 1520. The molecular formula is C34H36N4S2+2. The fourth-order valence-electron chi connectivity index (χ4n) is 5.77. The van der Waals surface area contributed by atoms with Crippen molar-refractivity contribution in [1.29, 1.82) is 0 Å². The Morgan fingerprint density at radius 2 is 0.925 bits per heavy atom. The summed E-state index contributed by atoms with van der Waals surface area (Å²) in [5.41, 5.74) is 10.2. The van der Waals surface area contributed by atoms with Crippen molar-refractivity contribution in [3.8, 4) is 0 Å². The van der Waals surface area contributed by atoms with E-state index in [4.69, 9.17) is 0 Å². The lowest BCUT2D eigenvalue weighted by atomic mass is 10.1. The lowest BCUT2D eigenvalue weighted by molar-refractivity contribution is -0.788. The van der Waals surface area contributed by atoms with Crippen molar-refractivity contribution in [2.75, 3.05) is 23.9 Å². The number of nitrogens with zero attached hydrogens (tertiary/aromatic N) is 4. The summed E-state index contributed by atoms with van der Waals surface area (Å²) in [6.07, 6.45) is 4.62. The van der Waals surface area contributed by atoms with Gasteiger partial charge in [0.1, 0.15) is 0 Å². The highest BCUT2D eigenvalue weighted by molar-refractivity contribution is 8.04. The zero-order chi connectivity index (χ0) is 28.0. The molecule has 0 atom stereocenters. The van der Waals surface area contributed by atoms with Gasteiger partial charge in [-0.2, -0.15) is 9.13 Å². The predicted molar refractivity (Wildman–Crippen MR) is 170 cm³/mol. The van der Waals surface area contributed by atoms with Crippen LogP contribution >= 0.6 is 23.5 Å². The number of hydrogen-bond acceptors (Lipinski definition) is 4. The summed E-state index contributed by atoms with van der Waals surface area (Å²) in [5, 5.41) is 2.53. The second-order valence-electron chi connectivity index (χ2n) is 10.7. The molecule has 0 aliphatic carbocycles. The number of para-hydroxylation sites is 2. The summed E-state index contributed by atoms with van der Waals surface area (Å²) < 4.78 is 4.87. The highest BCUT2D eigenvalue weighted by atomic mass is 32.2. The number of aryl methyl sites for hydroxylation is 4. The fraction of sp³-hybridized carbons (Fsp3) is 0.235. The second kappa shape index (κ2) is 10.8. The fourth-order valence-corrected chi connectivity index (χ4v) is 7.99. The van der Waals surface area contributed by atoms with E-state index in [2.05, 4.69) is 146 Å². The van der Waals surface area contributed by atoms with E-state index in [0.29, 0.717) is 0 Å². The van der Waals surface area contributed by atoms with Crippen LogP contribution in [-0.4, -0.2) is 14.1 Å². The quantitative estimate of drug-likeness (QED) is 0.237. The van der Waals surface area contributed by atoms with E-state index in [1.54, 1.807) is 0 Å². The predicted octanol–water partition coefficient (Wildman–Crippen LogP) is 7.28. The van der Waals surface area contributed by atoms with Crippen LogP contribution in [0.15, 0.2) is 92.6 Å². The van der Waals surface area contributed by atoms with Crippen molar-refractivity contribution in [2.24, 2.45) is 0 Å². The van der Waals surface area contributed by atoms with Gasteiger partial charge in [0.2, 0.25) is 13.1 Å². The van der Waals surface area contributed by atoms with Gasteiger partial charge < -0.3 is 9.80 Å². The molecule has 202 valence electrons. The number of benzene rings is 2. The highest BCUT2D eigenvalue weighted by Crippen LogP contribution is 2.46. The Morgan fingerprint density at radius 1 is 0.575 bits per heavy atom. The summed E-state index contributed by atoms with van der Waals surface area (Å²) in [5.74, 6) is 0. The first-order chi connectivity index (χ1) is 19.3. The molecule has 0 saturated heterocycles. The summed E-state index contributed by atoms with van der Waals surface area (Å²) >= 11 is 3.68.